The van der Waals surface area contributed by atoms with Crippen molar-refractivity contribution in [1.82, 2.24) is 10.3 Å². The lowest BCUT2D eigenvalue weighted by atomic mass is 10.3. The van der Waals surface area contributed by atoms with Crippen LogP contribution in [0, 0.1) is 0 Å². The molecule has 0 radical (unpaired) electrons. The number of hydrogen-bond donors (Lipinski definition) is 1. The third-order valence-electron chi connectivity index (χ3n) is 2.51. The van der Waals surface area contributed by atoms with Crippen molar-refractivity contribution in [3.8, 4) is 0 Å². The van der Waals surface area contributed by atoms with Crippen molar-refractivity contribution in [2.45, 2.75) is 19.9 Å². The molecule has 17 heavy (non-hydrogen) atoms. The summed E-state index contributed by atoms with van der Waals surface area (Å²) in [4.78, 5) is 6.66. The maximum Gasteiger partial charge on any atom is 0.128 e. The first kappa shape index (κ1) is 14.0. The van der Waals surface area contributed by atoms with Crippen LogP contribution in [0.3, 0.4) is 0 Å². The largest absolute Gasteiger partial charge is 0.359 e. The van der Waals surface area contributed by atoms with E-state index in [1.54, 1.807) is 0 Å². The Morgan fingerprint density at radius 2 is 2.29 bits per heavy atom. The number of pyridine rings is 1. The molecule has 94 valence electrons. The van der Waals surface area contributed by atoms with Crippen molar-refractivity contribution in [2.75, 3.05) is 25.0 Å². The molecule has 1 N–H and O–H groups in total. The molecule has 1 heterocycles. The first-order chi connectivity index (χ1) is 8.19. The quantitative estimate of drug-likeness (QED) is 0.758. The topological polar surface area (TPSA) is 28.2 Å². The highest BCUT2D eigenvalue weighted by Crippen LogP contribution is 2.18. The Bertz CT molecular complexity index is 366. The molecule has 0 aromatic carbocycles. The van der Waals surface area contributed by atoms with E-state index in [4.69, 9.17) is 11.6 Å². The van der Waals surface area contributed by atoms with Crippen LogP contribution in [-0.4, -0.2) is 25.1 Å². The molecule has 0 aliphatic rings. The smallest absolute Gasteiger partial charge is 0.128 e. The van der Waals surface area contributed by atoms with Crippen LogP contribution < -0.4 is 10.2 Å². The number of hydrogen-bond acceptors (Lipinski definition) is 3. The molecule has 0 aliphatic carbocycles. The second-order valence-corrected chi connectivity index (χ2v) is 4.28. The summed E-state index contributed by atoms with van der Waals surface area (Å²) in [7, 11) is 2.02. The molecule has 0 amide bonds. The summed E-state index contributed by atoms with van der Waals surface area (Å²) in [6, 6.07) is 3.85. The number of rotatable bonds is 7. The Balaban J connectivity index is 2.76. The van der Waals surface area contributed by atoms with E-state index in [-0.39, 0.29) is 0 Å². The Morgan fingerprint density at radius 1 is 1.53 bits per heavy atom. The standard InChI is InChI=1S/C13H20ClN3/c1-4-6-9-17(3)13-8-7-11(14)12(16-13)10-15-5-2/h4,7-8,15H,1,5-6,9-10H2,2-3H3. The van der Waals surface area contributed by atoms with E-state index in [0.29, 0.717) is 11.6 Å². The molecule has 3 nitrogen and oxygen atoms in total. The normalized spacial score (nSPS) is 10.3. The van der Waals surface area contributed by atoms with Gasteiger partial charge in [0.2, 0.25) is 0 Å². The molecule has 0 saturated heterocycles. The number of anilines is 1. The van der Waals surface area contributed by atoms with Crippen LogP contribution in [0.15, 0.2) is 24.8 Å². The number of halogens is 1. The van der Waals surface area contributed by atoms with Crippen molar-refractivity contribution >= 4 is 17.4 Å². The van der Waals surface area contributed by atoms with E-state index >= 15 is 0 Å². The fourth-order valence-corrected chi connectivity index (χ4v) is 1.62. The molecule has 0 bridgehead atoms. The molecule has 0 unspecified atom stereocenters. The summed E-state index contributed by atoms with van der Waals surface area (Å²) in [5.41, 5.74) is 0.900. The van der Waals surface area contributed by atoms with Gasteiger partial charge in [0, 0.05) is 20.1 Å². The highest BCUT2D eigenvalue weighted by molar-refractivity contribution is 6.31. The van der Waals surface area contributed by atoms with Gasteiger partial charge >= 0.3 is 0 Å². The van der Waals surface area contributed by atoms with Gasteiger partial charge in [-0.05, 0) is 25.1 Å². The van der Waals surface area contributed by atoms with Gasteiger partial charge in [0.15, 0.2) is 0 Å². The van der Waals surface area contributed by atoms with Crippen LogP contribution in [0.5, 0.6) is 0 Å². The van der Waals surface area contributed by atoms with E-state index in [9.17, 15) is 0 Å². The molecule has 4 heteroatoms. The first-order valence-corrected chi connectivity index (χ1v) is 6.25. The van der Waals surface area contributed by atoms with E-state index in [0.717, 1.165) is 31.0 Å². The second-order valence-electron chi connectivity index (χ2n) is 3.88. The van der Waals surface area contributed by atoms with Gasteiger partial charge in [0.1, 0.15) is 5.82 Å². The molecule has 0 spiro atoms. The number of nitrogens with one attached hydrogen (secondary N) is 1. The van der Waals surface area contributed by atoms with Crippen molar-refractivity contribution in [2.24, 2.45) is 0 Å². The zero-order valence-electron chi connectivity index (χ0n) is 10.5. The average molecular weight is 254 g/mol. The predicted molar refractivity (Wildman–Crippen MR) is 74.7 cm³/mol. The van der Waals surface area contributed by atoms with Crippen LogP contribution in [-0.2, 0) is 6.54 Å². The lowest BCUT2D eigenvalue weighted by molar-refractivity contribution is 0.709. The molecule has 0 fully saturated rings. The van der Waals surface area contributed by atoms with E-state index in [1.807, 2.05) is 25.3 Å². The van der Waals surface area contributed by atoms with Gasteiger partial charge in [-0.2, -0.15) is 0 Å². The molecule has 1 rings (SSSR count). The zero-order chi connectivity index (χ0) is 12.7. The van der Waals surface area contributed by atoms with Gasteiger partial charge < -0.3 is 10.2 Å². The van der Waals surface area contributed by atoms with E-state index in [2.05, 4.69) is 28.7 Å². The molecule has 1 aromatic rings. The Kier molecular flexibility index (Phi) is 6.01. The van der Waals surface area contributed by atoms with Crippen LogP contribution in [0.1, 0.15) is 19.0 Å². The lowest BCUT2D eigenvalue weighted by Gasteiger charge is -2.18. The van der Waals surface area contributed by atoms with Crippen molar-refractivity contribution in [1.29, 1.82) is 0 Å². The molecule has 1 aromatic heterocycles. The molecular formula is C13H20ClN3. The highest BCUT2D eigenvalue weighted by atomic mass is 35.5. The van der Waals surface area contributed by atoms with Gasteiger partial charge in [0.25, 0.3) is 0 Å². The maximum absolute atomic E-state index is 6.10. The number of aromatic nitrogens is 1. The zero-order valence-corrected chi connectivity index (χ0v) is 11.3. The fourth-order valence-electron chi connectivity index (χ4n) is 1.45. The van der Waals surface area contributed by atoms with E-state index in [1.165, 1.54) is 0 Å². The molecule has 0 atom stereocenters. The lowest BCUT2D eigenvalue weighted by Crippen LogP contribution is -2.21. The molecule has 0 saturated carbocycles. The summed E-state index contributed by atoms with van der Waals surface area (Å²) < 4.78 is 0. The summed E-state index contributed by atoms with van der Waals surface area (Å²) in [5.74, 6) is 0.948. The SMILES string of the molecule is C=CCCN(C)c1ccc(Cl)c(CNCC)n1. The maximum atomic E-state index is 6.10. The van der Waals surface area contributed by atoms with Gasteiger partial charge in [0.05, 0.1) is 10.7 Å². The van der Waals surface area contributed by atoms with Crippen molar-refractivity contribution in [3.05, 3.63) is 35.5 Å². The van der Waals surface area contributed by atoms with Gasteiger partial charge in [-0.3, -0.25) is 0 Å². The summed E-state index contributed by atoms with van der Waals surface area (Å²) in [6.07, 6.45) is 2.86. The fraction of sp³-hybridized carbons (Fsp3) is 0.462. The van der Waals surface area contributed by atoms with Crippen LogP contribution in [0.25, 0.3) is 0 Å². The van der Waals surface area contributed by atoms with Gasteiger partial charge in [-0.15, -0.1) is 6.58 Å². The minimum atomic E-state index is 0.707. The third-order valence-corrected chi connectivity index (χ3v) is 2.85. The predicted octanol–water partition coefficient (Wildman–Crippen LogP) is 2.86. The first-order valence-electron chi connectivity index (χ1n) is 5.87. The number of nitrogens with zero attached hydrogens (tertiary/aromatic N) is 2. The van der Waals surface area contributed by atoms with Crippen molar-refractivity contribution < 1.29 is 0 Å². The van der Waals surface area contributed by atoms with Crippen LogP contribution in [0.4, 0.5) is 5.82 Å². The van der Waals surface area contributed by atoms with Crippen molar-refractivity contribution in [3.63, 3.8) is 0 Å². The summed E-state index contributed by atoms with van der Waals surface area (Å²) in [5, 5.41) is 3.95. The minimum Gasteiger partial charge on any atom is -0.359 e. The van der Waals surface area contributed by atoms with Gasteiger partial charge in [-0.1, -0.05) is 24.6 Å². The van der Waals surface area contributed by atoms with Crippen LogP contribution >= 0.6 is 11.6 Å². The third kappa shape index (κ3) is 4.36. The Labute approximate surface area is 108 Å². The summed E-state index contributed by atoms with van der Waals surface area (Å²) >= 11 is 6.10. The van der Waals surface area contributed by atoms with E-state index < -0.39 is 0 Å². The monoisotopic (exact) mass is 253 g/mol. The summed E-state index contributed by atoms with van der Waals surface area (Å²) in [6.45, 7) is 8.32. The minimum absolute atomic E-state index is 0.707. The molecular weight excluding hydrogens is 234 g/mol. The van der Waals surface area contributed by atoms with Crippen LogP contribution in [0.2, 0.25) is 5.02 Å². The Hall–Kier alpha value is -1.06. The second kappa shape index (κ2) is 7.30. The Morgan fingerprint density at radius 3 is 2.94 bits per heavy atom. The molecule has 0 aliphatic heterocycles. The van der Waals surface area contributed by atoms with Gasteiger partial charge in [-0.25, -0.2) is 4.98 Å². The average Bonchev–Trinajstić information content (AvgIpc) is 2.35. The highest BCUT2D eigenvalue weighted by Gasteiger charge is 2.06.